The molecule has 0 unspecified atom stereocenters. The van der Waals surface area contributed by atoms with Gasteiger partial charge >= 0.3 is 0 Å². The third kappa shape index (κ3) is 5.85. The van der Waals surface area contributed by atoms with Crippen molar-refractivity contribution >= 4 is 27.9 Å². The van der Waals surface area contributed by atoms with E-state index in [0.29, 0.717) is 50.9 Å². The number of nitrogens with one attached hydrogen (secondary N) is 2. The van der Waals surface area contributed by atoms with Crippen LogP contribution >= 0.6 is 0 Å². The highest BCUT2D eigenvalue weighted by molar-refractivity contribution is 7.89. The van der Waals surface area contributed by atoms with E-state index in [1.54, 1.807) is 18.2 Å². The summed E-state index contributed by atoms with van der Waals surface area (Å²) in [4.78, 5) is 19.6. The lowest BCUT2D eigenvalue weighted by molar-refractivity contribution is 0.441. The molecule has 33 heavy (non-hydrogen) atoms. The van der Waals surface area contributed by atoms with Crippen LogP contribution in [0.2, 0.25) is 0 Å². The number of sulfonamides is 1. The molecule has 4 atom stereocenters. The first-order valence-corrected chi connectivity index (χ1v) is 12.3. The Morgan fingerprint density at radius 3 is 1.67 bits per heavy atom. The lowest BCUT2D eigenvalue weighted by Crippen LogP contribution is -2.54. The first-order valence-electron chi connectivity index (χ1n) is 10.8. The van der Waals surface area contributed by atoms with Crippen LogP contribution in [-0.2, 0) is 10.0 Å². The molecule has 0 amide bonds. The maximum absolute atomic E-state index is 12.6. The van der Waals surface area contributed by atoms with E-state index in [-0.39, 0.29) is 35.0 Å². The van der Waals surface area contributed by atoms with Gasteiger partial charge in [-0.25, -0.2) is 8.42 Å². The van der Waals surface area contributed by atoms with Crippen molar-refractivity contribution in [2.24, 2.45) is 22.9 Å². The second-order valence-corrected chi connectivity index (χ2v) is 10.3. The van der Waals surface area contributed by atoms with Gasteiger partial charge in [-0.05, 0) is 25.0 Å². The van der Waals surface area contributed by atoms with Crippen molar-refractivity contribution in [3.8, 4) is 0 Å². The number of piperidine rings is 2. The van der Waals surface area contributed by atoms with Gasteiger partial charge in [0.15, 0.2) is 0 Å². The molecular weight excluding hydrogens is 446 g/mol. The molecule has 2 aliphatic heterocycles. The summed E-state index contributed by atoms with van der Waals surface area (Å²) in [6.45, 7) is 2.08. The van der Waals surface area contributed by atoms with E-state index in [9.17, 15) is 8.42 Å². The molecule has 1 aromatic heterocycles. The summed E-state index contributed by atoms with van der Waals surface area (Å²) in [5.74, 6) is 0.731. The Morgan fingerprint density at radius 2 is 1.21 bits per heavy atom. The van der Waals surface area contributed by atoms with E-state index < -0.39 is 10.0 Å². The minimum Gasteiger partial charge on any atom is -0.338 e. The Hall–Kier alpha value is -2.62. The molecule has 14 heteroatoms. The number of aromatic nitrogens is 3. The largest absolute Gasteiger partial charge is 0.338 e. The van der Waals surface area contributed by atoms with Crippen LogP contribution in [0.25, 0.3) is 0 Å². The highest BCUT2D eigenvalue weighted by Gasteiger charge is 2.29. The molecule has 4 rings (SSSR count). The van der Waals surface area contributed by atoms with Gasteiger partial charge in [0.2, 0.25) is 17.8 Å². The van der Waals surface area contributed by atoms with Crippen LogP contribution in [-0.4, -0.2) is 73.7 Å². The Labute approximate surface area is 192 Å². The molecule has 13 nitrogen and oxygen atoms in total. The number of rotatable bonds is 6. The van der Waals surface area contributed by atoms with Gasteiger partial charge in [0.05, 0.1) is 4.90 Å². The number of nitrogens with zero attached hydrogens (tertiary/aromatic N) is 5. The second kappa shape index (κ2) is 9.70. The Morgan fingerprint density at radius 1 is 0.758 bits per heavy atom. The molecule has 2 fully saturated rings. The SMILES string of the molecule is N[C@@H]1C[C@H](N)CN(c2nc(NNS(=O)(=O)c3ccccc3)nc(N3C[C@H](N)C[C@H](N)C3)n2)C1. The fourth-order valence-corrected chi connectivity index (χ4v) is 5.01. The molecule has 2 aliphatic rings. The van der Waals surface area contributed by atoms with Crippen LogP contribution < -0.4 is 43.0 Å². The molecule has 2 saturated heterocycles. The standard InChI is InChI=1S/C19H31N11O2S/c20-12-6-13(21)9-29(8-12)18-24-17(27-28-33(31,32)16-4-2-1-3-5-16)25-19(26-18)30-10-14(22)7-15(23)11-30/h1-5,12-15,28H,6-11,20-23H2,(H,24,25,26,27)/t12-,13+,14-,15+. The van der Waals surface area contributed by atoms with Gasteiger partial charge < -0.3 is 32.7 Å². The minimum atomic E-state index is -3.84. The quantitative estimate of drug-likeness (QED) is 0.247. The molecule has 0 spiro atoms. The minimum absolute atomic E-state index is 0.0370. The molecule has 1 aromatic carbocycles. The van der Waals surface area contributed by atoms with Crippen LogP contribution in [0.15, 0.2) is 35.2 Å². The highest BCUT2D eigenvalue weighted by Crippen LogP contribution is 2.22. The van der Waals surface area contributed by atoms with Crippen molar-refractivity contribution in [1.29, 1.82) is 0 Å². The summed E-state index contributed by atoms with van der Waals surface area (Å²) >= 11 is 0. The predicted molar refractivity (Wildman–Crippen MR) is 126 cm³/mol. The number of hydrogen-bond donors (Lipinski definition) is 6. The van der Waals surface area contributed by atoms with Crippen molar-refractivity contribution in [3.05, 3.63) is 30.3 Å². The van der Waals surface area contributed by atoms with Crippen LogP contribution in [0.1, 0.15) is 12.8 Å². The summed E-state index contributed by atoms with van der Waals surface area (Å²) in [7, 11) is -3.84. The number of benzene rings is 1. The zero-order valence-corrected chi connectivity index (χ0v) is 19.0. The van der Waals surface area contributed by atoms with Crippen LogP contribution in [0.3, 0.4) is 0 Å². The third-order valence-electron chi connectivity index (χ3n) is 5.56. The van der Waals surface area contributed by atoms with Crippen molar-refractivity contribution in [1.82, 2.24) is 19.8 Å². The molecular formula is C19H31N11O2S. The highest BCUT2D eigenvalue weighted by atomic mass is 32.2. The lowest BCUT2D eigenvalue weighted by Gasteiger charge is -2.36. The van der Waals surface area contributed by atoms with Gasteiger partial charge in [-0.15, -0.1) is 4.83 Å². The zero-order chi connectivity index (χ0) is 23.6. The van der Waals surface area contributed by atoms with Crippen LogP contribution in [0, 0.1) is 0 Å². The van der Waals surface area contributed by atoms with Crippen molar-refractivity contribution in [2.45, 2.75) is 41.9 Å². The molecule has 0 aliphatic carbocycles. The summed E-state index contributed by atoms with van der Waals surface area (Å²) in [5.41, 5.74) is 27.2. The second-order valence-electron chi connectivity index (χ2n) is 8.62. The topological polar surface area (TPSA) is 207 Å². The number of hydrogen-bond acceptors (Lipinski definition) is 12. The zero-order valence-electron chi connectivity index (χ0n) is 18.2. The fourth-order valence-electron chi connectivity index (χ4n) is 4.15. The van der Waals surface area contributed by atoms with E-state index in [4.69, 9.17) is 22.9 Å². The molecule has 10 N–H and O–H groups in total. The summed E-state index contributed by atoms with van der Waals surface area (Å²) in [6, 6.07) is 7.48. The van der Waals surface area contributed by atoms with E-state index in [1.807, 2.05) is 9.80 Å². The predicted octanol–water partition coefficient (Wildman–Crippen LogP) is -2.09. The van der Waals surface area contributed by atoms with Gasteiger partial charge in [0, 0.05) is 50.3 Å². The van der Waals surface area contributed by atoms with Crippen LogP contribution in [0.4, 0.5) is 17.8 Å². The number of anilines is 3. The maximum Gasteiger partial charge on any atom is 0.257 e. The molecule has 2 aromatic rings. The Kier molecular flexibility index (Phi) is 6.92. The maximum atomic E-state index is 12.6. The van der Waals surface area contributed by atoms with Crippen molar-refractivity contribution in [2.75, 3.05) is 41.4 Å². The molecule has 0 bridgehead atoms. The van der Waals surface area contributed by atoms with Gasteiger partial charge in [-0.1, -0.05) is 18.2 Å². The Bertz CT molecular complexity index is 991. The Balaban J connectivity index is 1.62. The van der Waals surface area contributed by atoms with Crippen molar-refractivity contribution in [3.63, 3.8) is 0 Å². The molecule has 0 saturated carbocycles. The van der Waals surface area contributed by atoms with Gasteiger partial charge in [0.1, 0.15) is 0 Å². The first-order chi connectivity index (χ1) is 15.7. The average Bonchev–Trinajstić information content (AvgIpc) is 2.77. The smallest absolute Gasteiger partial charge is 0.257 e. The van der Waals surface area contributed by atoms with E-state index >= 15 is 0 Å². The summed E-state index contributed by atoms with van der Waals surface area (Å²) in [6.07, 6.45) is 1.40. The molecule has 3 heterocycles. The van der Waals surface area contributed by atoms with E-state index in [2.05, 4.69) is 25.2 Å². The van der Waals surface area contributed by atoms with Gasteiger partial charge in [0.25, 0.3) is 10.0 Å². The first kappa shape index (κ1) is 23.5. The number of hydrazine groups is 1. The fraction of sp³-hybridized carbons (Fsp3) is 0.526. The van der Waals surface area contributed by atoms with Gasteiger partial charge in [-0.2, -0.15) is 15.0 Å². The summed E-state index contributed by atoms with van der Waals surface area (Å²) < 4.78 is 25.2. The summed E-state index contributed by atoms with van der Waals surface area (Å²) in [5, 5.41) is 0. The molecule has 0 radical (unpaired) electrons. The lowest BCUT2D eigenvalue weighted by atomic mass is 10.0. The monoisotopic (exact) mass is 477 g/mol. The van der Waals surface area contributed by atoms with E-state index in [1.165, 1.54) is 12.1 Å². The van der Waals surface area contributed by atoms with E-state index in [0.717, 1.165) is 0 Å². The third-order valence-corrected chi connectivity index (χ3v) is 6.82. The number of nitrogens with two attached hydrogens (primary N) is 4. The molecule has 180 valence electrons. The van der Waals surface area contributed by atoms with Gasteiger partial charge in [-0.3, -0.25) is 5.43 Å². The average molecular weight is 478 g/mol. The normalized spacial score (nSPS) is 26.3. The van der Waals surface area contributed by atoms with Crippen LogP contribution in [0.5, 0.6) is 0 Å². The van der Waals surface area contributed by atoms with Crippen molar-refractivity contribution < 1.29 is 8.42 Å².